The predicted molar refractivity (Wildman–Crippen MR) is 79.4 cm³/mol. The van der Waals surface area contributed by atoms with E-state index in [9.17, 15) is 8.42 Å². The lowest BCUT2D eigenvalue weighted by atomic mass is 10.2. The normalized spacial score (nSPS) is 11.6. The van der Waals surface area contributed by atoms with Crippen molar-refractivity contribution in [1.29, 1.82) is 0 Å². The minimum Gasteiger partial charge on any atom is -0.491 e. The van der Waals surface area contributed by atoms with Crippen molar-refractivity contribution in [3.8, 4) is 17.6 Å². The molecule has 1 aromatic carbocycles. The summed E-state index contributed by atoms with van der Waals surface area (Å²) in [5, 5.41) is 8.70. The van der Waals surface area contributed by atoms with E-state index in [0.717, 1.165) is 0 Å². The third kappa shape index (κ3) is 4.55. The van der Waals surface area contributed by atoms with Crippen LogP contribution in [0.15, 0.2) is 24.3 Å². The summed E-state index contributed by atoms with van der Waals surface area (Å²) in [6, 6.07) is 7.08. The first kappa shape index (κ1) is 16.5. The van der Waals surface area contributed by atoms with Gasteiger partial charge in [0.2, 0.25) is 0 Å². The van der Waals surface area contributed by atoms with E-state index in [-0.39, 0.29) is 19.0 Å². The molecule has 0 aliphatic heterocycles. The summed E-state index contributed by atoms with van der Waals surface area (Å²) in [5.74, 6) is 5.79. The van der Waals surface area contributed by atoms with Gasteiger partial charge < -0.3 is 9.84 Å². The van der Waals surface area contributed by atoms with Gasteiger partial charge in [-0.05, 0) is 32.9 Å². The number of ether oxygens (including phenoxy) is 1. The maximum Gasteiger partial charge on any atom is 0.158 e. The molecule has 0 saturated carbocycles. The van der Waals surface area contributed by atoms with Gasteiger partial charge in [-0.3, -0.25) is 0 Å². The van der Waals surface area contributed by atoms with Crippen LogP contribution in [0.4, 0.5) is 0 Å². The van der Waals surface area contributed by atoms with Crippen LogP contribution in [0.5, 0.6) is 5.75 Å². The van der Waals surface area contributed by atoms with Crippen LogP contribution in [-0.4, -0.2) is 37.2 Å². The Hall–Kier alpha value is -1.51. The highest BCUT2D eigenvalue weighted by molar-refractivity contribution is 7.92. The SMILES string of the molecule is CC(C)(C)S(=O)(=O)CCOc1ccccc1C#CCO. The van der Waals surface area contributed by atoms with Crippen LogP contribution in [0.2, 0.25) is 0 Å². The Morgan fingerprint density at radius 3 is 2.50 bits per heavy atom. The van der Waals surface area contributed by atoms with Crippen molar-refractivity contribution in [2.45, 2.75) is 25.5 Å². The van der Waals surface area contributed by atoms with Crippen LogP contribution >= 0.6 is 0 Å². The Kier molecular flexibility index (Phi) is 5.61. The van der Waals surface area contributed by atoms with Gasteiger partial charge in [-0.25, -0.2) is 8.42 Å². The average Bonchev–Trinajstić information content (AvgIpc) is 2.36. The number of rotatable bonds is 4. The predicted octanol–water partition coefficient (Wildman–Crippen LogP) is 1.62. The molecule has 0 radical (unpaired) electrons. The second-order valence-electron chi connectivity index (χ2n) is 5.24. The van der Waals surface area contributed by atoms with Crippen molar-refractivity contribution in [2.75, 3.05) is 19.0 Å². The first-order valence-electron chi connectivity index (χ1n) is 6.32. The minimum atomic E-state index is -3.20. The van der Waals surface area contributed by atoms with Gasteiger partial charge in [0.25, 0.3) is 0 Å². The highest BCUT2D eigenvalue weighted by Gasteiger charge is 2.28. The fourth-order valence-corrected chi connectivity index (χ4v) is 2.31. The van der Waals surface area contributed by atoms with Crippen molar-refractivity contribution < 1.29 is 18.3 Å². The fraction of sp³-hybridized carbons (Fsp3) is 0.467. The summed E-state index contributed by atoms with van der Waals surface area (Å²) in [6.45, 7) is 4.86. The number of para-hydroxylation sites is 1. The van der Waals surface area contributed by atoms with E-state index in [4.69, 9.17) is 9.84 Å². The van der Waals surface area contributed by atoms with Crippen LogP contribution < -0.4 is 4.74 Å². The Morgan fingerprint density at radius 1 is 1.25 bits per heavy atom. The summed E-state index contributed by atoms with van der Waals surface area (Å²) in [5.41, 5.74) is 0.634. The Bertz CT molecular complexity index is 601. The second-order valence-corrected chi connectivity index (χ2v) is 8.10. The second kappa shape index (κ2) is 6.78. The topological polar surface area (TPSA) is 63.6 Å². The molecular weight excluding hydrogens is 276 g/mol. The van der Waals surface area contributed by atoms with E-state index in [0.29, 0.717) is 11.3 Å². The van der Waals surface area contributed by atoms with Gasteiger partial charge in [0.1, 0.15) is 19.0 Å². The number of sulfone groups is 1. The first-order chi connectivity index (χ1) is 9.28. The Labute approximate surface area is 120 Å². The Balaban J connectivity index is 2.73. The molecule has 0 aliphatic rings. The van der Waals surface area contributed by atoms with Crippen LogP contribution in [0, 0.1) is 11.8 Å². The molecule has 0 aliphatic carbocycles. The standard InChI is InChI=1S/C15H20O4S/c1-15(2,3)20(17,18)12-11-19-14-9-5-4-7-13(14)8-6-10-16/h4-5,7,9,16H,10-12H2,1-3H3. The molecule has 20 heavy (non-hydrogen) atoms. The molecule has 1 aromatic rings. The van der Waals surface area contributed by atoms with E-state index in [2.05, 4.69) is 11.8 Å². The molecule has 0 bridgehead atoms. The maximum absolute atomic E-state index is 12.0. The molecule has 0 fully saturated rings. The van der Waals surface area contributed by atoms with Crippen LogP contribution in [0.25, 0.3) is 0 Å². The fourth-order valence-electron chi connectivity index (χ4n) is 1.40. The number of aliphatic hydroxyl groups is 1. The Morgan fingerprint density at radius 2 is 1.90 bits per heavy atom. The molecule has 1 rings (SSSR count). The summed E-state index contributed by atoms with van der Waals surface area (Å²) in [4.78, 5) is 0. The van der Waals surface area contributed by atoms with Crippen LogP contribution in [0.1, 0.15) is 26.3 Å². The molecule has 5 heteroatoms. The van der Waals surface area contributed by atoms with Crippen molar-refractivity contribution in [3.63, 3.8) is 0 Å². The minimum absolute atomic E-state index is 0.0434. The van der Waals surface area contributed by atoms with E-state index in [1.807, 2.05) is 0 Å². The summed E-state index contributed by atoms with van der Waals surface area (Å²) in [6.07, 6.45) is 0. The molecule has 0 unspecified atom stereocenters. The smallest absolute Gasteiger partial charge is 0.158 e. The molecule has 0 spiro atoms. The zero-order chi connectivity index (χ0) is 15.2. The van der Waals surface area contributed by atoms with E-state index in [1.54, 1.807) is 45.0 Å². The lowest BCUT2D eigenvalue weighted by Gasteiger charge is -2.19. The summed E-state index contributed by atoms with van der Waals surface area (Å²) >= 11 is 0. The van der Waals surface area contributed by atoms with Crippen molar-refractivity contribution >= 4 is 9.84 Å². The third-order valence-electron chi connectivity index (χ3n) is 2.73. The van der Waals surface area contributed by atoms with Crippen molar-refractivity contribution in [3.05, 3.63) is 29.8 Å². The lowest BCUT2D eigenvalue weighted by Crippen LogP contribution is -2.32. The van der Waals surface area contributed by atoms with Gasteiger partial charge in [-0.2, -0.15) is 0 Å². The molecule has 0 saturated heterocycles. The summed E-state index contributed by atoms with van der Waals surface area (Å²) in [7, 11) is -3.20. The van der Waals surface area contributed by atoms with Gasteiger partial charge in [0.15, 0.2) is 9.84 Å². The van der Waals surface area contributed by atoms with Gasteiger partial charge in [0, 0.05) is 0 Å². The van der Waals surface area contributed by atoms with E-state index >= 15 is 0 Å². The van der Waals surface area contributed by atoms with Gasteiger partial charge >= 0.3 is 0 Å². The largest absolute Gasteiger partial charge is 0.491 e. The lowest BCUT2D eigenvalue weighted by molar-refractivity contribution is 0.338. The van der Waals surface area contributed by atoms with Crippen molar-refractivity contribution in [2.24, 2.45) is 0 Å². The maximum atomic E-state index is 12.0. The third-order valence-corrected chi connectivity index (χ3v) is 5.30. The quantitative estimate of drug-likeness (QED) is 0.858. The van der Waals surface area contributed by atoms with E-state index in [1.165, 1.54) is 0 Å². The van der Waals surface area contributed by atoms with Crippen molar-refractivity contribution in [1.82, 2.24) is 0 Å². The molecule has 0 aromatic heterocycles. The first-order valence-corrected chi connectivity index (χ1v) is 7.97. The zero-order valence-corrected chi connectivity index (χ0v) is 12.8. The molecule has 0 amide bonds. The van der Waals surface area contributed by atoms with Gasteiger partial charge in [-0.15, -0.1) is 0 Å². The molecule has 0 heterocycles. The van der Waals surface area contributed by atoms with Gasteiger partial charge in [0.05, 0.1) is 16.1 Å². The molecule has 1 N–H and O–H groups in total. The highest BCUT2D eigenvalue weighted by Crippen LogP contribution is 2.19. The number of aliphatic hydroxyl groups excluding tert-OH is 1. The molecule has 4 nitrogen and oxygen atoms in total. The van der Waals surface area contributed by atoms with E-state index < -0.39 is 14.6 Å². The van der Waals surface area contributed by atoms with Crippen LogP contribution in [0.3, 0.4) is 0 Å². The zero-order valence-electron chi connectivity index (χ0n) is 12.0. The average molecular weight is 296 g/mol. The highest BCUT2D eigenvalue weighted by atomic mass is 32.2. The monoisotopic (exact) mass is 296 g/mol. The number of hydrogen-bond donors (Lipinski definition) is 1. The van der Waals surface area contributed by atoms with Gasteiger partial charge in [-0.1, -0.05) is 24.0 Å². The number of hydrogen-bond acceptors (Lipinski definition) is 4. The molecular formula is C15H20O4S. The molecule has 0 atom stereocenters. The van der Waals surface area contributed by atoms with Crippen LogP contribution in [-0.2, 0) is 9.84 Å². The number of benzene rings is 1. The molecule has 110 valence electrons. The summed E-state index contributed by atoms with van der Waals surface area (Å²) < 4.78 is 28.6.